The summed E-state index contributed by atoms with van der Waals surface area (Å²) in [5, 5.41) is 5.99. The van der Waals surface area contributed by atoms with Crippen LogP contribution in [0.1, 0.15) is 5.56 Å². The molecule has 0 saturated heterocycles. The highest BCUT2D eigenvalue weighted by atomic mass is 32.1. The van der Waals surface area contributed by atoms with E-state index in [0.717, 1.165) is 29.6 Å². The maximum absolute atomic E-state index is 13.5. The van der Waals surface area contributed by atoms with Gasteiger partial charge in [-0.1, -0.05) is 30.3 Å². The van der Waals surface area contributed by atoms with E-state index in [2.05, 4.69) is 15.5 Å². The molecule has 2 aromatic carbocycles. The van der Waals surface area contributed by atoms with Crippen LogP contribution < -0.4 is 5.43 Å². The van der Waals surface area contributed by atoms with Crippen molar-refractivity contribution in [2.45, 2.75) is 0 Å². The monoisotopic (exact) mass is 333 g/mol. The molecule has 7 heteroatoms. The van der Waals surface area contributed by atoms with E-state index in [4.69, 9.17) is 0 Å². The van der Waals surface area contributed by atoms with Gasteiger partial charge in [-0.3, -0.25) is 5.43 Å². The molecule has 0 aliphatic carbocycles. The fourth-order valence-electron chi connectivity index (χ4n) is 1.88. The molecule has 0 unspecified atom stereocenters. The molecule has 3 nitrogen and oxygen atoms in total. The van der Waals surface area contributed by atoms with Gasteiger partial charge in [0.15, 0.2) is 11.6 Å². The molecule has 0 fully saturated rings. The first-order valence-corrected chi connectivity index (χ1v) is 7.46. The van der Waals surface area contributed by atoms with Crippen molar-refractivity contribution in [3.8, 4) is 11.3 Å². The predicted molar refractivity (Wildman–Crippen MR) is 85.1 cm³/mol. The second-order valence-electron chi connectivity index (χ2n) is 4.53. The highest BCUT2D eigenvalue weighted by Gasteiger charge is 2.11. The molecule has 1 aromatic heterocycles. The fourth-order valence-corrected chi connectivity index (χ4v) is 2.55. The molecule has 116 valence electrons. The molecular formula is C16H10F3N3S. The lowest BCUT2D eigenvalue weighted by atomic mass is 10.2. The molecule has 0 radical (unpaired) electrons. The van der Waals surface area contributed by atoms with E-state index in [9.17, 15) is 13.2 Å². The van der Waals surface area contributed by atoms with E-state index in [1.54, 1.807) is 0 Å². The highest BCUT2D eigenvalue weighted by molar-refractivity contribution is 7.14. The van der Waals surface area contributed by atoms with Crippen LogP contribution in [0.25, 0.3) is 11.3 Å². The van der Waals surface area contributed by atoms with Gasteiger partial charge in [0.05, 0.1) is 17.5 Å². The number of anilines is 1. The zero-order valence-electron chi connectivity index (χ0n) is 11.6. The molecule has 0 amide bonds. The summed E-state index contributed by atoms with van der Waals surface area (Å²) in [5.74, 6) is -3.30. The second kappa shape index (κ2) is 6.62. The quantitative estimate of drug-likeness (QED) is 0.428. The normalized spacial score (nSPS) is 11.1. The molecule has 0 saturated carbocycles. The summed E-state index contributed by atoms with van der Waals surface area (Å²) in [7, 11) is 0. The Morgan fingerprint density at radius 2 is 1.74 bits per heavy atom. The van der Waals surface area contributed by atoms with Crippen molar-refractivity contribution in [2.24, 2.45) is 5.10 Å². The molecule has 0 aliphatic rings. The minimum atomic E-state index is -1.28. The molecule has 3 rings (SSSR count). The van der Waals surface area contributed by atoms with Gasteiger partial charge in [-0.05, 0) is 12.1 Å². The Morgan fingerprint density at radius 3 is 2.52 bits per heavy atom. The van der Waals surface area contributed by atoms with E-state index in [-0.39, 0.29) is 0 Å². The third-order valence-electron chi connectivity index (χ3n) is 3.01. The van der Waals surface area contributed by atoms with Crippen molar-refractivity contribution >= 4 is 22.7 Å². The van der Waals surface area contributed by atoms with E-state index in [0.29, 0.717) is 5.13 Å². The average Bonchev–Trinajstić information content (AvgIpc) is 3.04. The van der Waals surface area contributed by atoms with Crippen molar-refractivity contribution in [2.75, 3.05) is 5.43 Å². The molecule has 3 aromatic rings. The smallest absolute Gasteiger partial charge is 0.203 e. The predicted octanol–water partition coefficient (Wildman–Crippen LogP) is 4.67. The lowest BCUT2D eigenvalue weighted by Crippen LogP contribution is -1.99. The Labute approximate surface area is 134 Å². The van der Waals surface area contributed by atoms with E-state index >= 15 is 0 Å². The maximum Gasteiger partial charge on any atom is 0.203 e. The SMILES string of the molecule is Fc1ccc(F)c(C=NNc2nc(-c3ccccc3)cs2)c1F. The summed E-state index contributed by atoms with van der Waals surface area (Å²) in [5.41, 5.74) is 3.74. The van der Waals surface area contributed by atoms with Crippen LogP contribution in [0.2, 0.25) is 0 Å². The number of nitrogens with zero attached hydrogens (tertiary/aromatic N) is 2. The number of halogens is 3. The Balaban J connectivity index is 1.75. The van der Waals surface area contributed by atoms with Gasteiger partial charge < -0.3 is 0 Å². The average molecular weight is 333 g/mol. The molecule has 0 atom stereocenters. The van der Waals surface area contributed by atoms with Crippen LogP contribution in [-0.4, -0.2) is 11.2 Å². The van der Waals surface area contributed by atoms with Crippen LogP contribution >= 0.6 is 11.3 Å². The highest BCUT2D eigenvalue weighted by Crippen LogP contribution is 2.24. The molecule has 1 heterocycles. The zero-order chi connectivity index (χ0) is 16.2. The summed E-state index contributed by atoms with van der Waals surface area (Å²) in [6.45, 7) is 0. The second-order valence-corrected chi connectivity index (χ2v) is 5.39. The van der Waals surface area contributed by atoms with E-state index < -0.39 is 23.0 Å². The van der Waals surface area contributed by atoms with Crippen molar-refractivity contribution in [1.29, 1.82) is 0 Å². The van der Waals surface area contributed by atoms with Crippen molar-refractivity contribution in [3.63, 3.8) is 0 Å². The Hall–Kier alpha value is -2.67. The molecule has 0 bridgehead atoms. The van der Waals surface area contributed by atoms with Gasteiger partial charge in [-0.25, -0.2) is 18.2 Å². The minimum Gasteiger partial charge on any atom is -0.253 e. The minimum absolute atomic E-state index is 0.456. The summed E-state index contributed by atoms with van der Waals surface area (Å²) < 4.78 is 40.0. The summed E-state index contributed by atoms with van der Waals surface area (Å²) in [4.78, 5) is 4.31. The molecule has 0 spiro atoms. The number of benzene rings is 2. The summed E-state index contributed by atoms with van der Waals surface area (Å²) in [6, 6.07) is 11.1. The molecule has 23 heavy (non-hydrogen) atoms. The van der Waals surface area contributed by atoms with Gasteiger partial charge in [-0.15, -0.1) is 11.3 Å². The van der Waals surface area contributed by atoms with Crippen LogP contribution in [0.3, 0.4) is 0 Å². The Bertz CT molecular complexity index is 847. The van der Waals surface area contributed by atoms with Crippen LogP contribution in [0.5, 0.6) is 0 Å². The van der Waals surface area contributed by atoms with Gasteiger partial charge >= 0.3 is 0 Å². The Morgan fingerprint density at radius 1 is 1.00 bits per heavy atom. The first-order chi connectivity index (χ1) is 11.1. The summed E-state index contributed by atoms with van der Waals surface area (Å²) in [6.07, 6.45) is 0.886. The summed E-state index contributed by atoms with van der Waals surface area (Å²) >= 11 is 1.29. The third kappa shape index (κ3) is 3.40. The van der Waals surface area contributed by atoms with Gasteiger partial charge in [0.1, 0.15) is 5.82 Å². The van der Waals surface area contributed by atoms with Crippen molar-refractivity contribution < 1.29 is 13.2 Å². The first-order valence-electron chi connectivity index (χ1n) is 6.58. The van der Waals surface area contributed by atoms with Gasteiger partial charge in [0.25, 0.3) is 0 Å². The Kier molecular flexibility index (Phi) is 4.38. The zero-order valence-corrected chi connectivity index (χ0v) is 12.4. The maximum atomic E-state index is 13.5. The topological polar surface area (TPSA) is 37.3 Å². The number of rotatable bonds is 4. The number of thiazole rings is 1. The standard InChI is InChI=1S/C16H10F3N3S/c17-12-6-7-13(18)15(19)11(12)8-20-22-16-21-14(9-23-16)10-4-2-1-3-5-10/h1-9H,(H,21,22). The van der Waals surface area contributed by atoms with Gasteiger partial charge in [0.2, 0.25) is 5.13 Å². The lowest BCUT2D eigenvalue weighted by molar-refractivity contribution is 0.493. The first kappa shape index (κ1) is 15.2. The van der Waals surface area contributed by atoms with Crippen LogP contribution in [0.15, 0.2) is 52.9 Å². The van der Waals surface area contributed by atoms with Crippen LogP contribution in [0, 0.1) is 17.5 Å². The van der Waals surface area contributed by atoms with Gasteiger partial charge in [0, 0.05) is 10.9 Å². The van der Waals surface area contributed by atoms with Crippen molar-refractivity contribution in [3.05, 3.63) is 70.9 Å². The van der Waals surface area contributed by atoms with Crippen LogP contribution in [-0.2, 0) is 0 Å². The van der Waals surface area contributed by atoms with Gasteiger partial charge in [-0.2, -0.15) is 5.10 Å². The van der Waals surface area contributed by atoms with E-state index in [1.165, 1.54) is 11.3 Å². The third-order valence-corrected chi connectivity index (χ3v) is 3.75. The number of aromatic nitrogens is 1. The number of hydrogen-bond acceptors (Lipinski definition) is 4. The van der Waals surface area contributed by atoms with E-state index in [1.807, 2.05) is 35.7 Å². The number of hydrazone groups is 1. The largest absolute Gasteiger partial charge is 0.253 e. The van der Waals surface area contributed by atoms with Crippen LogP contribution in [0.4, 0.5) is 18.3 Å². The fraction of sp³-hybridized carbons (Fsp3) is 0. The molecule has 0 aliphatic heterocycles. The molecular weight excluding hydrogens is 323 g/mol. The molecule has 1 N–H and O–H groups in total. The van der Waals surface area contributed by atoms with Crippen molar-refractivity contribution in [1.82, 2.24) is 4.98 Å². The number of hydrogen-bond donors (Lipinski definition) is 1. The number of nitrogens with one attached hydrogen (secondary N) is 1. The lowest BCUT2D eigenvalue weighted by Gasteiger charge is -2.00.